The van der Waals surface area contributed by atoms with Crippen molar-refractivity contribution in [2.24, 2.45) is 5.92 Å². The SMILES string of the molecule is CCCCCC(=O)O.O=C(C1CCC(NC2CCOCC2)C1)N1CCc2ccc(C(F)(F)F)cc2C1. The number of fused-ring (bicyclic) bond motifs is 1. The van der Waals surface area contributed by atoms with Crippen molar-refractivity contribution in [1.29, 1.82) is 0 Å². The molecule has 2 N–H and O–H groups in total. The van der Waals surface area contributed by atoms with E-state index in [4.69, 9.17) is 9.84 Å². The third-order valence-electron chi connectivity index (χ3n) is 7.33. The highest BCUT2D eigenvalue weighted by Crippen LogP contribution is 2.34. The Morgan fingerprint density at radius 2 is 1.83 bits per heavy atom. The van der Waals surface area contributed by atoms with Gasteiger partial charge in [0.25, 0.3) is 0 Å². The zero-order valence-corrected chi connectivity index (χ0v) is 21.1. The molecule has 2 heterocycles. The molecule has 202 valence electrons. The largest absolute Gasteiger partial charge is 0.481 e. The molecule has 0 aromatic heterocycles. The number of alkyl halides is 3. The number of hydrogen-bond donors (Lipinski definition) is 2. The molecule has 1 amide bonds. The summed E-state index contributed by atoms with van der Waals surface area (Å²) in [5, 5.41) is 11.8. The Bertz CT molecular complexity index is 871. The van der Waals surface area contributed by atoms with Gasteiger partial charge in [-0.05, 0) is 68.2 Å². The zero-order valence-electron chi connectivity index (χ0n) is 21.1. The van der Waals surface area contributed by atoms with E-state index in [1.807, 2.05) is 0 Å². The number of aliphatic carboxylic acids is 1. The fraction of sp³-hybridized carbons (Fsp3) is 0.704. The molecule has 2 unspecified atom stereocenters. The van der Waals surface area contributed by atoms with E-state index >= 15 is 0 Å². The van der Waals surface area contributed by atoms with Gasteiger partial charge in [-0.25, -0.2) is 0 Å². The van der Waals surface area contributed by atoms with Gasteiger partial charge in [0.05, 0.1) is 5.56 Å². The zero-order chi connectivity index (χ0) is 26.1. The number of nitrogens with one attached hydrogen (secondary N) is 1. The van der Waals surface area contributed by atoms with Crippen molar-refractivity contribution in [2.75, 3.05) is 19.8 Å². The number of carbonyl (C=O) groups is 2. The number of amides is 1. The van der Waals surface area contributed by atoms with E-state index in [9.17, 15) is 22.8 Å². The molecule has 6 nitrogen and oxygen atoms in total. The molecule has 1 saturated carbocycles. The van der Waals surface area contributed by atoms with E-state index < -0.39 is 17.7 Å². The summed E-state index contributed by atoms with van der Waals surface area (Å²) in [6.45, 7) is 4.51. The topological polar surface area (TPSA) is 78.9 Å². The summed E-state index contributed by atoms with van der Waals surface area (Å²) in [6.07, 6.45) is 4.23. The highest BCUT2D eigenvalue weighted by atomic mass is 19.4. The maximum atomic E-state index is 13.0. The molecule has 2 fully saturated rings. The highest BCUT2D eigenvalue weighted by Gasteiger charge is 2.36. The quantitative estimate of drug-likeness (QED) is 0.493. The lowest BCUT2D eigenvalue weighted by Crippen LogP contribution is -2.42. The van der Waals surface area contributed by atoms with E-state index in [1.54, 1.807) is 11.0 Å². The summed E-state index contributed by atoms with van der Waals surface area (Å²) >= 11 is 0. The molecule has 4 rings (SSSR count). The monoisotopic (exact) mass is 512 g/mol. The number of nitrogens with zero attached hydrogens (tertiary/aromatic N) is 1. The molecule has 3 aliphatic rings. The molecule has 2 atom stereocenters. The Balaban J connectivity index is 0.000000392. The summed E-state index contributed by atoms with van der Waals surface area (Å²) in [4.78, 5) is 24.6. The molecule has 0 bridgehead atoms. The van der Waals surface area contributed by atoms with Crippen molar-refractivity contribution >= 4 is 11.9 Å². The van der Waals surface area contributed by atoms with Crippen LogP contribution in [0.5, 0.6) is 0 Å². The Morgan fingerprint density at radius 3 is 2.50 bits per heavy atom. The summed E-state index contributed by atoms with van der Waals surface area (Å²) in [6, 6.07) is 4.73. The molecule has 1 aromatic rings. The van der Waals surface area contributed by atoms with Gasteiger partial charge < -0.3 is 20.1 Å². The second kappa shape index (κ2) is 13.4. The predicted octanol–water partition coefficient (Wildman–Crippen LogP) is 5.18. The van der Waals surface area contributed by atoms with Crippen LogP contribution < -0.4 is 5.32 Å². The van der Waals surface area contributed by atoms with Gasteiger partial charge in [-0.1, -0.05) is 25.8 Å². The van der Waals surface area contributed by atoms with Crippen molar-refractivity contribution in [3.05, 3.63) is 34.9 Å². The second-order valence-corrected chi connectivity index (χ2v) is 10.1. The maximum absolute atomic E-state index is 13.0. The number of carboxylic acids is 1. The average Bonchev–Trinajstić information content (AvgIpc) is 3.32. The molecular weight excluding hydrogens is 473 g/mol. The second-order valence-electron chi connectivity index (χ2n) is 10.1. The molecule has 1 saturated heterocycles. The molecule has 36 heavy (non-hydrogen) atoms. The average molecular weight is 513 g/mol. The van der Waals surface area contributed by atoms with E-state index in [0.29, 0.717) is 37.0 Å². The number of unbranched alkanes of at least 4 members (excludes halogenated alkanes) is 2. The van der Waals surface area contributed by atoms with Crippen LogP contribution in [0.3, 0.4) is 0 Å². The van der Waals surface area contributed by atoms with Gasteiger partial charge in [-0.2, -0.15) is 13.2 Å². The lowest BCUT2D eigenvalue weighted by atomic mass is 9.95. The van der Waals surface area contributed by atoms with Gasteiger partial charge >= 0.3 is 12.1 Å². The molecule has 1 aromatic carbocycles. The molecular formula is C27H39F3N2O4. The molecule has 0 radical (unpaired) electrons. The minimum atomic E-state index is -4.35. The smallest absolute Gasteiger partial charge is 0.416 e. The summed E-state index contributed by atoms with van der Waals surface area (Å²) in [5.74, 6) is -0.609. The third kappa shape index (κ3) is 8.47. The normalized spacial score (nSPS) is 22.5. The first-order chi connectivity index (χ1) is 17.2. The summed E-state index contributed by atoms with van der Waals surface area (Å²) < 4.78 is 44.4. The van der Waals surface area contributed by atoms with E-state index in [2.05, 4.69) is 12.2 Å². The van der Waals surface area contributed by atoms with Gasteiger partial charge in [0.2, 0.25) is 5.91 Å². The van der Waals surface area contributed by atoms with Crippen molar-refractivity contribution < 1.29 is 32.6 Å². The Kier molecular flexibility index (Phi) is 10.6. The number of halogens is 3. The standard InChI is InChI=1S/C21H27F3N2O2.C6H12O2/c22-21(23,24)17-3-1-14-5-8-26(13-16(14)11-17)20(27)15-2-4-19(12-15)25-18-6-9-28-10-7-18;1-2-3-4-5-6(7)8/h1,3,11,15,18-19,25H,2,4-10,12-13H2;2-5H2,1H3,(H,7,8). The van der Waals surface area contributed by atoms with Crippen LogP contribution >= 0.6 is 0 Å². The Hall–Kier alpha value is -2.13. The van der Waals surface area contributed by atoms with Crippen molar-refractivity contribution in [1.82, 2.24) is 10.2 Å². The van der Waals surface area contributed by atoms with Gasteiger partial charge in [0, 0.05) is 50.7 Å². The van der Waals surface area contributed by atoms with Crippen LogP contribution in [0.25, 0.3) is 0 Å². The minimum absolute atomic E-state index is 0.0234. The first-order valence-electron chi connectivity index (χ1n) is 13.2. The van der Waals surface area contributed by atoms with Crippen LogP contribution in [0.1, 0.15) is 81.4 Å². The number of ether oxygens (including phenoxy) is 1. The lowest BCUT2D eigenvalue weighted by Gasteiger charge is -2.31. The molecule has 2 aliphatic heterocycles. The number of rotatable bonds is 7. The molecule has 1 aliphatic carbocycles. The summed E-state index contributed by atoms with van der Waals surface area (Å²) in [5.41, 5.74) is 0.911. The number of hydrogen-bond acceptors (Lipinski definition) is 4. The van der Waals surface area contributed by atoms with Gasteiger partial charge in [-0.3, -0.25) is 9.59 Å². The van der Waals surface area contributed by atoms with E-state index in [0.717, 1.165) is 76.2 Å². The van der Waals surface area contributed by atoms with Crippen LogP contribution in [0, 0.1) is 5.92 Å². The van der Waals surface area contributed by atoms with Crippen molar-refractivity contribution in [2.45, 2.75) is 95.9 Å². The van der Waals surface area contributed by atoms with Crippen LogP contribution in [0.2, 0.25) is 0 Å². The molecule has 0 spiro atoms. The third-order valence-corrected chi connectivity index (χ3v) is 7.33. The van der Waals surface area contributed by atoms with Crippen LogP contribution in [-0.2, 0) is 33.5 Å². The fourth-order valence-corrected chi connectivity index (χ4v) is 5.26. The first-order valence-corrected chi connectivity index (χ1v) is 13.2. The van der Waals surface area contributed by atoms with Crippen molar-refractivity contribution in [3.63, 3.8) is 0 Å². The first kappa shape index (κ1) is 28.4. The van der Waals surface area contributed by atoms with Gasteiger partial charge in [0.15, 0.2) is 0 Å². The van der Waals surface area contributed by atoms with Crippen LogP contribution in [0.15, 0.2) is 18.2 Å². The number of carboxylic acid groups (broad SMARTS) is 1. The number of benzene rings is 1. The van der Waals surface area contributed by atoms with Gasteiger partial charge in [0.1, 0.15) is 0 Å². The number of carbonyl (C=O) groups excluding carboxylic acids is 1. The molecule has 9 heteroatoms. The Labute approximate surface area is 211 Å². The summed E-state index contributed by atoms with van der Waals surface area (Å²) in [7, 11) is 0. The van der Waals surface area contributed by atoms with Gasteiger partial charge in [-0.15, -0.1) is 0 Å². The van der Waals surface area contributed by atoms with Crippen LogP contribution in [0.4, 0.5) is 13.2 Å². The lowest BCUT2D eigenvalue weighted by molar-refractivity contribution is -0.138. The van der Waals surface area contributed by atoms with E-state index in [1.165, 1.54) is 6.07 Å². The maximum Gasteiger partial charge on any atom is 0.416 e. The highest BCUT2D eigenvalue weighted by molar-refractivity contribution is 5.79. The van der Waals surface area contributed by atoms with Crippen LogP contribution in [-0.4, -0.2) is 53.7 Å². The minimum Gasteiger partial charge on any atom is -0.481 e. The van der Waals surface area contributed by atoms with E-state index in [-0.39, 0.29) is 18.4 Å². The van der Waals surface area contributed by atoms with Crippen molar-refractivity contribution in [3.8, 4) is 0 Å². The fourth-order valence-electron chi connectivity index (χ4n) is 5.26. The Morgan fingerprint density at radius 1 is 1.08 bits per heavy atom. The predicted molar refractivity (Wildman–Crippen MR) is 130 cm³/mol.